The third-order valence-corrected chi connectivity index (χ3v) is 7.30. The molecule has 2 aromatic carbocycles. The molecule has 2 N–H and O–H groups in total. The number of aryl methyl sites for hydroxylation is 1. The maximum atomic E-state index is 14.4. The molecule has 3 aromatic rings. The van der Waals surface area contributed by atoms with Crippen LogP contribution in [0.4, 0.5) is 9.18 Å². The Balaban J connectivity index is 1.24. The first-order valence-electron chi connectivity index (χ1n) is 13.7. The van der Waals surface area contributed by atoms with E-state index in [-0.39, 0.29) is 43.0 Å². The molecule has 2 heterocycles. The predicted octanol–water partition coefficient (Wildman–Crippen LogP) is 3.78. The summed E-state index contributed by atoms with van der Waals surface area (Å²) in [6.45, 7) is 1.52. The molecule has 1 saturated carbocycles. The minimum absolute atomic E-state index is 0.0506. The van der Waals surface area contributed by atoms with Gasteiger partial charge in [0.25, 0.3) is 0 Å². The van der Waals surface area contributed by atoms with E-state index < -0.39 is 24.2 Å². The van der Waals surface area contributed by atoms with Crippen LogP contribution in [-0.4, -0.2) is 64.5 Å². The molecule has 0 spiro atoms. The number of hydrogen-bond donors (Lipinski definition) is 2. The molecule has 2 aliphatic rings. The van der Waals surface area contributed by atoms with E-state index >= 15 is 0 Å². The number of rotatable bonds is 10. The average Bonchev–Trinajstić information content (AvgIpc) is 3.54. The Morgan fingerprint density at radius 2 is 1.85 bits per heavy atom. The fourth-order valence-corrected chi connectivity index (χ4v) is 5.09. The number of carbonyl (C=O) groups is 4. The summed E-state index contributed by atoms with van der Waals surface area (Å²) in [4.78, 5) is 51.9. The van der Waals surface area contributed by atoms with Crippen LogP contribution in [0.25, 0.3) is 10.9 Å². The summed E-state index contributed by atoms with van der Waals surface area (Å²) in [5.41, 5.74) is 2.13. The number of hydrogen-bond acceptors (Lipinski definition) is 5. The highest BCUT2D eigenvalue weighted by Crippen LogP contribution is 2.28. The molecule has 2 atom stereocenters. The predicted molar refractivity (Wildman–Crippen MR) is 147 cm³/mol. The van der Waals surface area contributed by atoms with Gasteiger partial charge in [-0.15, -0.1) is 0 Å². The Morgan fingerprint density at radius 1 is 1.07 bits per heavy atom. The van der Waals surface area contributed by atoms with Crippen LogP contribution < -0.4 is 15.4 Å². The lowest BCUT2D eigenvalue weighted by Gasteiger charge is -2.24. The zero-order chi connectivity index (χ0) is 28.2. The fraction of sp³-hybridized carbons (Fsp3) is 0.400. The molecule has 1 aliphatic carbocycles. The van der Waals surface area contributed by atoms with E-state index in [9.17, 15) is 23.6 Å². The number of nitrogens with zero attached hydrogens (tertiary/aromatic N) is 2. The molecule has 0 bridgehead atoms. The molecule has 1 aromatic heterocycles. The van der Waals surface area contributed by atoms with Gasteiger partial charge in [0.2, 0.25) is 11.8 Å². The first-order chi connectivity index (χ1) is 19.3. The summed E-state index contributed by atoms with van der Waals surface area (Å²) < 4.78 is 21.4. The van der Waals surface area contributed by atoms with Gasteiger partial charge < -0.3 is 24.8 Å². The molecule has 210 valence electrons. The molecular weight excluding hydrogens is 515 g/mol. The summed E-state index contributed by atoms with van der Waals surface area (Å²) in [7, 11) is 0. The van der Waals surface area contributed by atoms with E-state index in [2.05, 4.69) is 10.6 Å². The van der Waals surface area contributed by atoms with Crippen molar-refractivity contribution in [1.82, 2.24) is 20.1 Å². The van der Waals surface area contributed by atoms with Crippen LogP contribution in [0.3, 0.4) is 0 Å². The minimum atomic E-state index is -1.29. The van der Waals surface area contributed by atoms with Crippen molar-refractivity contribution in [3.05, 3.63) is 65.9 Å². The molecule has 5 rings (SSSR count). The Labute approximate surface area is 231 Å². The van der Waals surface area contributed by atoms with Crippen LogP contribution in [0.1, 0.15) is 48.5 Å². The summed E-state index contributed by atoms with van der Waals surface area (Å²) in [6.07, 6.45) is 3.06. The van der Waals surface area contributed by atoms with Crippen molar-refractivity contribution in [3.8, 4) is 5.75 Å². The number of ketones is 1. The largest absolute Gasteiger partial charge is 0.412 e. The molecule has 1 aliphatic heterocycles. The molecule has 3 amide bonds. The highest BCUT2D eigenvalue weighted by molar-refractivity contribution is 6.07. The Bertz CT molecular complexity index is 1420. The van der Waals surface area contributed by atoms with Crippen molar-refractivity contribution in [2.24, 2.45) is 0 Å². The molecule has 0 unspecified atom stereocenters. The number of amides is 3. The number of alkyl halides is 1. The van der Waals surface area contributed by atoms with E-state index in [0.717, 1.165) is 25.7 Å². The smallest absolute Gasteiger partial charge is 0.410 e. The Kier molecular flexibility index (Phi) is 8.14. The second-order valence-electron chi connectivity index (χ2n) is 10.5. The maximum absolute atomic E-state index is 14.4. The topological polar surface area (TPSA) is 110 Å². The number of Topliss-reactive ketones (excluding diaryl/α,β-unsaturated/α-hetero) is 1. The molecule has 2 fully saturated rings. The van der Waals surface area contributed by atoms with Gasteiger partial charge in [0.05, 0.1) is 6.54 Å². The van der Waals surface area contributed by atoms with Gasteiger partial charge in [-0.05, 0) is 56.4 Å². The van der Waals surface area contributed by atoms with Gasteiger partial charge in [0.15, 0.2) is 5.78 Å². The van der Waals surface area contributed by atoms with Crippen molar-refractivity contribution >= 4 is 34.6 Å². The van der Waals surface area contributed by atoms with Crippen LogP contribution in [0.2, 0.25) is 0 Å². The van der Waals surface area contributed by atoms with Gasteiger partial charge in [-0.3, -0.25) is 14.4 Å². The number of aromatic nitrogens is 1. The van der Waals surface area contributed by atoms with Crippen LogP contribution in [0, 0.1) is 0 Å². The highest BCUT2D eigenvalue weighted by Gasteiger charge is 2.39. The summed E-state index contributed by atoms with van der Waals surface area (Å²) in [6, 6.07) is 14.0. The van der Waals surface area contributed by atoms with E-state index in [4.69, 9.17) is 4.74 Å². The van der Waals surface area contributed by atoms with E-state index in [1.807, 2.05) is 30.3 Å². The molecular formula is C30H33FN4O5. The Morgan fingerprint density at radius 3 is 2.58 bits per heavy atom. The lowest BCUT2D eigenvalue weighted by Crippen LogP contribution is -2.47. The van der Waals surface area contributed by atoms with Crippen LogP contribution in [0.5, 0.6) is 5.75 Å². The Hall–Kier alpha value is -4.21. The fourth-order valence-electron chi connectivity index (χ4n) is 5.09. The standard InChI is InChI=1S/C30H33FN4O5/c1-19(36)25-17-34(26-12-11-23(15-24(25)26)40-30(39)33-22-9-10-22)18-28(37)35-16-21(31)14-27(35)29(38)32-13-5-8-20-6-3-2-4-7-20/h2-4,6-7,11-12,15,17,21-22,27H,5,8-10,13-14,16,18H2,1H3,(H,32,38)(H,33,39)/t21-,27+/m1/s1. The lowest BCUT2D eigenvalue weighted by molar-refractivity contribution is -0.138. The number of benzene rings is 2. The third-order valence-electron chi connectivity index (χ3n) is 7.30. The highest BCUT2D eigenvalue weighted by atomic mass is 19.1. The third kappa shape index (κ3) is 6.50. The maximum Gasteiger partial charge on any atom is 0.412 e. The summed E-state index contributed by atoms with van der Waals surface area (Å²) in [5.74, 6) is -0.718. The van der Waals surface area contributed by atoms with Crippen LogP contribution >= 0.6 is 0 Å². The van der Waals surface area contributed by atoms with Gasteiger partial charge in [-0.25, -0.2) is 9.18 Å². The zero-order valence-electron chi connectivity index (χ0n) is 22.4. The normalized spacial score (nSPS) is 18.5. The van der Waals surface area contributed by atoms with Gasteiger partial charge in [-0.1, -0.05) is 30.3 Å². The van der Waals surface area contributed by atoms with Crippen molar-refractivity contribution in [2.75, 3.05) is 13.1 Å². The number of halogens is 1. The molecule has 1 saturated heterocycles. The number of fused-ring (bicyclic) bond motifs is 1. The zero-order valence-corrected chi connectivity index (χ0v) is 22.4. The van der Waals surface area contributed by atoms with Crippen LogP contribution in [0.15, 0.2) is 54.7 Å². The lowest BCUT2D eigenvalue weighted by atomic mass is 10.1. The number of nitrogens with one attached hydrogen (secondary N) is 2. The summed E-state index contributed by atoms with van der Waals surface area (Å²) in [5, 5.41) is 6.13. The second-order valence-corrected chi connectivity index (χ2v) is 10.5. The van der Waals surface area contributed by atoms with E-state index in [1.165, 1.54) is 17.4 Å². The van der Waals surface area contributed by atoms with E-state index in [0.29, 0.717) is 23.0 Å². The molecule has 0 radical (unpaired) electrons. The van der Waals surface area contributed by atoms with Crippen molar-refractivity contribution in [3.63, 3.8) is 0 Å². The number of likely N-dealkylation sites (tertiary alicyclic amines) is 1. The van der Waals surface area contributed by atoms with Gasteiger partial charge in [0, 0.05) is 41.7 Å². The van der Waals surface area contributed by atoms with Crippen molar-refractivity contribution < 1.29 is 28.3 Å². The molecule has 40 heavy (non-hydrogen) atoms. The molecule has 9 nitrogen and oxygen atoms in total. The van der Waals surface area contributed by atoms with Gasteiger partial charge in [0.1, 0.15) is 24.5 Å². The first-order valence-corrected chi connectivity index (χ1v) is 13.7. The van der Waals surface area contributed by atoms with Crippen molar-refractivity contribution in [2.45, 2.75) is 63.8 Å². The number of carbonyl (C=O) groups excluding carboxylic acids is 4. The average molecular weight is 549 g/mol. The monoisotopic (exact) mass is 548 g/mol. The first kappa shape index (κ1) is 27.4. The quantitative estimate of drug-likeness (QED) is 0.296. The minimum Gasteiger partial charge on any atom is -0.410 e. The SMILES string of the molecule is CC(=O)c1cn(CC(=O)N2C[C@H](F)C[C@H]2C(=O)NCCCc2ccccc2)c2ccc(OC(=O)NC3CC3)cc12. The second kappa shape index (κ2) is 11.9. The number of ether oxygens (including phenoxy) is 1. The van der Waals surface area contributed by atoms with E-state index in [1.54, 1.807) is 29.0 Å². The molecule has 10 heteroatoms. The van der Waals surface area contributed by atoms with Gasteiger partial charge in [-0.2, -0.15) is 0 Å². The van der Waals surface area contributed by atoms with Gasteiger partial charge >= 0.3 is 6.09 Å². The van der Waals surface area contributed by atoms with Crippen LogP contribution in [-0.2, 0) is 22.6 Å². The summed E-state index contributed by atoms with van der Waals surface area (Å²) >= 11 is 0. The van der Waals surface area contributed by atoms with Crippen molar-refractivity contribution in [1.29, 1.82) is 0 Å².